The number of amides is 1. The largest absolute Gasteiger partial charge is 0.456 e. The molecule has 1 aromatic carbocycles. The van der Waals surface area contributed by atoms with E-state index in [0.29, 0.717) is 18.3 Å². The normalized spacial score (nSPS) is 24.1. The quantitative estimate of drug-likeness (QED) is 0.483. The zero-order valence-electron chi connectivity index (χ0n) is 13.6. The molecule has 0 heterocycles. The molecule has 134 valence electrons. The maximum Gasteiger partial charge on any atom is 0.306 e. The summed E-state index contributed by atoms with van der Waals surface area (Å²) in [6.07, 6.45) is 5.01. The summed E-state index contributed by atoms with van der Waals surface area (Å²) < 4.78 is 18.2. The fraction of sp³-hybridized carbons (Fsp3) is 0.529. The van der Waals surface area contributed by atoms with Crippen molar-refractivity contribution in [3.63, 3.8) is 0 Å². The van der Waals surface area contributed by atoms with Gasteiger partial charge in [0.1, 0.15) is 0 Å². The monoisotopic (exact) mass is 350 g/mol. The maximum atomic E-state index is 13.2. The Labute approximate surface area is 143 Å². The number of rotatable bonds is 6. The van der Waals surface area contributed by atoms with Crippen molar-refractivity contribution in [1.82, 2.24) is 0 Å². The van der Waals surface area contributed by atoms with Gasteiger partial charge in [-0.25, -0.2) is 0 Å². The van der Waals surface area contributed by atoms with Crippen LogP contribution in [0.15, 0.2) is 18.2 Å². The molecule has 1 aromatic rings. The van der Waals surface area contributed by atoms with E-state index < -0.39 is 34.9 Å². The molecule has 3 rings (SSSR count). The minimum Gasteiger partial charge on any atom is -0.456 e. The number of nitro groups is 1. The number of fused-ring (bicyclic) bond motifs is 2. The lowest BCUT2D eigenvalue weighted by atomic mass is 9.86. The van der Waals surface area contributed by atoms with Gasteiger partial charge in [0.2, 0.25) is 5.82 Å². The van der Waals surface area contributed by atoms with Gasteiger partial charge in [0.15, 0.2) is 6.61 Å². The van der Waals surface area contributed by atoms with E-state index in [2.05, 4.69) is 5.32 Å². The van der Waals surface area contributed by atoms with Gasteiger partial charge in [0.05, 0.1) is 4.92 Å². The molecule has 2 fully saturated rings. The van der Waals surface area contributed by atoms with Crippen LogP contribution in [0.5, 0.6) is 0 Å². The number of carbonyl (C=O) groups excluding carboxylic acids is 2. The number of hydrogen-bond donors (Lipinski definition) is 1. The van der Waals surface area contributed by atoms with Gasteiger partial charge in [-0.05, 0) is 49.1 Å². The van der Waals surface area contributed by atoms with Crippen LogP contribution in [0.25, 0.3) is 0 Å². The van der Waals surface area contributed by atoms with E-state index in [9.17, 15) is 24.1 Å². The van der Waals surface area contributed by atoms with Crippen LogP contribution in [0, 0.1) is 33.7 Å². The van der Waals surface area contributed by atoms with Crippen molar-refractivity contribution in [2.24, 2.45) is 17.8 Å². The molecule has 8 heteroatoms. The molecule has 3 atom stereocenters. The molecule has 7 nitrogen and oxygen atoms in total. The average Bonchev–Trinajstić information content (AvgIpc) is 3.17. The van der Waals surface area contributed by atoms with E-state index in [0.717, 1.165) is 24.5 Å². The average molecular weight is 350 g/mol. The number of nitrogens with one attached hydrogen (secondary N) is 1. The second-order valence-corrected chi connectivity index (χ2v) is 6.77. The Balaban J connectivity index is 1.45. The summed E-state index contributed by atoms with van der Waals surface area (Å²) in [6.45, 7) is -0.467. The summed E-state index contributed by atoms with van der Waals surface area (Å²) in [7, 11) is 0. The van der Waals surface area contributed by atoms with E-state index in [1.165, 1.54) is 25.3 Å². The number of carbonyl (C=O) groups is 2. The molecule has 1 amide bonds. The third-order valence-electron chi connectivity index (χ3n) is 5.10. The number of halogens is 1. The molecule has 0 aromatic heterocycles. The molecule has 0 saturated heterocycles. The van der Waals surface area contributed by atoms with Crippen molar-refractivity contribution < 1.29 is 23.6 Å². The Morgan fingerprint density at radius 3 is 2.76 bits per heavy atom. The van der Waals surface area contributed by atoms with Crippen LogP contribution in [0.2, 0.25) is 0 Å². The van der Waals surface area contributed by atoms with Gasteiger partial charge in [-0.15, -0.1) is 0 Å². The number of nitro benzene ring substituents is 1. The Morgan fingerprint density at radius 2 is 2.12 bits per heavy atom. The molecule has 2 bridgehead atoms. The molecular weight excluding hydrogens is 331 g/mol. The summed E-state index contributed by atoms with van der Waals surface area (Å²) in [5.41, 5.74) is -0.659. The molecule has 1 N–H and O–H groups in total. The molecule has 25 heavy (non-hydrogen) atoms. The predicted octanol–water partition coefficient (Wildman–Crippen LogP) is 3.04. The van der Waals surface area contributed by atoms with Crippen LogP contribution in [-0.4, -0.2) is 23.4 Å². The van der Waals surface area contributed by atoms with Crippen molar-refractivity contribution in [1.29, 1.82) is 0 Å². The first-order valence-corrected chi connectivity index (χ1v) is 8.31. The third kappa shape index (κ3) is 4.12. The lowest BCUT2D eigenvalue weighted by molar-refractivity contribution is -0.387. The van der Waals surface area contributed by atoms with Gasteiger partial charge in [0.25, 0.3) is 5.91 Å². The maximum absolute atomic E-state index is 13.2. The van der Waals surface area contributed by atoms with Crippen LogP contribution < -0.4 is 5.32 Å². The topological polar surface area (TPSA) is 98.5 Å². The summed E-state index contributed by atoms with van der Waals surface area (Å²) in [4.78, 5) is 33.5. The van der Waals surface area contributed by atoms with Crippen LogP contribution in [0.1, 0.15) is 32.1 Å². The predicted molar refractivity (Wildman–Crippen MR) is 86.2 cm³/mol. The number of nitrogens with zero attached hydrogens (tertiary/aromatic N) is 1. The third-order valence-corrected chi connectivity index (χ3v) is 5.10. The smallest absolute Gasteiger partial charge is 0.306 e. The minimum absolute atomic E-state index is 0.0715. The highest BCUT2D eigenvalue weighted by molar-refractivity contribution is 5.93. The fourth-order valence-electron chi connectivity index (χ4n) is 3.97. The van der Waals surface area contributed by atoms with E-state index >= 15 is 0 Å². The van der Waals surface area contributed by atoms with Crippen molar-refractivity contribution in [3.8, 4) is 0 Å². The highest BCUT2D eigenvalue weighted by atomic mass is 19.1. The van der Waals surface area contributed by atoms with Crippen LogP contribution in [-0.2, 0) is 14.3 Å². The van der Waals surface area contributed by atoms with E-state index in [1.807, 2.05) is 0 Å². The van der Waals surface area contributed by atoms with Crippen molar-refractivity contribution in [2.45, 2.75) is 32.1 Å². The Hall–Kier alpha value is -2.51. The number of anilines is 1. The van der Waals surface area contributed by atoms with E-state index in [1.54, 1.807) is 0 Å². The summed E-state index contributed by atoms with van der Waals surface area (Å²) >= 11 is 0. The van der Waals surface area contributed by atoms with Crippen molar-refractivity contribution >= 4 is 23.3 Å². The number of esters is 1. The van der Waals surface area contributed by atoms with Crippen LogP contribution >= 0.6 is 0 Å². The molecule has 2 saturated carbocycles. The van der Waals surface area contributed by atoms with E-state index in [-0.39, 0.29) is 5.69 Å². The summed E-state index contributed by atoms with van der Waals surface area (Å²) in [6, 6.07) is 3.02. The fourth-order valence-corrected chi connectivity index (χ4v) is 3.97. The minimum atomic E-state index is -0.986. The second kappa shape index (κ2) is 7.16. The Morgan fingerprint density at radius 1 is 1.32 bits per heavy atom. The summed E-state index contributed by atoms with van der Waals surface area (Å²) in [5, 5.41) is 13.0. The Bertz CT molecular complexity index is 708. The highest BCUT2D eigenvalue weighted by Gasteiger charge is 2.40. The van der Waals surface area contributed by atoms with E-state index in [4.69, 9.17) is 4.74 Å². The second-order valence-electron chi connectivity index (χ2n) is 6.77. The first-order valence-electron chi connectivity index (χ1n) is 8.31. The molecule has 0 unspecified atom stereocenters. The Kier molecular flexibility index (Phi) is 4.96. The zero-order valence-corrected chi connectivity index (χ0v) is 13.6. The van der Waals surface area contributed by atoms with Gasteiger partial charge in [-0.1, -0.05) is 6.42 Å². The molecule has 0 radical (unpaired) electrons. The van der Waals surface area contributed by atoms with Gasteiger partial charge in [0, 0.05) is 18.2 Å². The molecule has 2 aliphatic rings. The molecule has 0 aliphatic heterocycles. The van der Waals surface area contributed by atoms with Crippen molar-refractivity contribution in [2.75, 3.05) is 11.9 Å². The lowest BCUT2D eigenvalue weighted by Gasteiger charge is -2.20. The standard InChI is InChI=1S/C17H19FN2O5/c18-14-4-3-13(8-15(14)20(23)24)19-16(21)9-25-17(22)7-12-6-10-1-2-11(12)5-10/h3-4,8,10-12H,1-2,5-7,9H2,(H,19,21)/t10-,11-,12-/m1/s1. The van der Waals surface area contributed by atoms with Gasteiger partial charge in [-0.2, -0.15) is 4.39 Å². The highest BCUT2D eigenvalue weighted by Crippen LogP contribution is 2.49. The zero-order chi connectivity index (χ0) is 18.0. The first-order chi connectivity index (χ1) is 11.9. The molecule has 2 aliphatic carbocycles. The molecule has 0 spiro atoms. The molecular formula is C17H19FN2O5. The number of ether oxygens (including phenoxy) is 1. The van der Waals surface area contributed by atoms with Gasteiger partial charge >= 0.3 is 11.7 Å². The van der Waals surface area contributed by atoms with Gasteiger partial charge < -0.3 is 10.1 Å². The SMILES string of the molecule is O=C(COC(=O)C[C@H]1C[C@@H]2CC[C@@H]1C2)Nc1ccc(F)c([N+](=O)[O-])c1. The lowest BCUT2D eigenvalue weighted by Crippen LogP contribution is -2.23. The van der Waals surface area contributed by atoms with Crippen LogP contribution in [0.3, 0.4) is 0 Å². The van der Waals surface area contributed by atoms with Gasteiger partial charge in [-0.3, -0.25) is 19.7 Å². The van der Waals surface area contributed by atoms with Crippen molar-refractivity contribution in [3.05, 3.63) is 34.1 Å². The van der Waals surface area contributed by atoms with Crippen LogP contribution in [0.4, 0.5) is 15.8 Å². The summed E-state index contributed by atoms with van der Waals surface area (Å²) in [5.74, 6) is -0.319. The first kappa shape index (κ1) is 17.3. The number of hydrogen-bond acceptors (Lipinski definition) is 5. The number of benzene rings is 1.